The Hall–Kier alpha value is -1.49. The van der Waals surface area contributed by atoms with Gasteiger partial charge in [-0.05, 0) is 11.6 Å². The van der Waals surface area contributed by atoms with E-state index in [2.05, 4.69) is 5.32 Å². The second-order valence-electron chi connectivity index (χ2n) is 3.84. The van der Waals surface area contributed by atoms with Crippen LogP contribution in [0.15, 0.2) is 29.2 Å². The Morgan fingerprint density at radius 1 is 1.41 bits per heavy atom. The van der Waals surface area contributed by atoms with E-state index in [1.807, 2.05) is 24.3 Å². The van der Waals surface area contributed by atoms with Crippen LogP contribution in [0, 0.1) is 0 Å². The topological polar surface area (TPSA) is 66.4 Å². The highest BCUT2D eigenvalue weighted by Crippen LogP contribution is 2.39. The first-order valence-electron chi connectivity index (χ1n) is 5.39. The maximum atomic E-state index is 11.9. The highest BCUT2D eigenvalue weighted by molar-refractivity contribution is 7.99. The molecule has 0 saturated heterocycles. The van der Waals surface area contributed by atoms with Gasteiger partial charge in [-0.2, -0.15) is 0 Å². The maximum Gasteiger partial charge on any atom is 0.305 e. The first kappa shape index (κ1) is 12.0. The third kappa shape index (κ3) is 2.79. The van der Waals surface area contributed by atoms with Crippen molar-refractivity contribution < 1.29 is 14.7 Å². The number of carboxylic acids is 1. The van der Waals surface area contributed by atoms with Crippen molar-refractivity contribution in [1.29, 1.82) is 0 Å². The monoisotopic (exact) mass is 251 g/mol. The van der Waals surface area contributed by atoms with E-state index in [-0.39, 0.29) is 24.8 Å². The zero-order valence-corrected chi connectivity index (χ0v) is 10.00. The van der Waals surface area contributed by atoms with Gasteiger partial charge in [-0.3, -0.25) is 9.59 Å². The lowest BCUT2D eigenvalue weighted by Gasteiger charge is -2.10. The van der Waals surface area contributed by atoms with Crippen molar-refractivity contribution in [3.05, 3.63) is 29.8 Å². The predicted molar refractivity (Wildman–Crippen MR) is 65.2 cm³/mol. The molecule has 1 aromatic rings. The van der Waals surface area contributed by atoms with E-state index in [1.54, 1.807) is 11.8 Å². The molecule has 0 bridgehead atoms. The summed E-state index contributed by atoms with van der Waals surface area (Å²) in [4.78, 5) is 23.4. The number of benzene rings is 1. The van der Waals surface area contributed by atoms with E-state index < -0.39 is 5.97 Å². The summed E-state index contributed by atoms with van der Waals surface area (Å²) in [5, 5.41) is 11.2. The van der Waals surface area contributed by atoms with Gasteiger partial charge >= 0.3 is 5.97 Å². The number of thioether (sulfide) groups is 1. The largest absolute Gasteiger partial charge is 0.481 e. The number of nitrogens with one attached hydrogen (secondary N) is 1. The summed E-state index contributed by atoms with van der Waals surface area (Å²) in [6, 6.07) is 7.83. The molecule has 0 saturated carbocycles. The molecule has 0 fully saturated rings. The quantitative estimate of drug-likeness (QED) is 0.850. The number of fused-ring (bicyclic) bond motifs is 1. The van der Waals surface area contributed by atoms with E-state index in [1.165, 1.54) is 0 Å². The number of amides is 1. The lowest BCUT2D eigenvalue weighted by Crippen LogP contribution is -2.31. The average Bonchev–Trinajstić information content (AvgIpc) is 2.72. The lowest BCUT2D eigenvalue weighted by molar-refractivity contribution is -0.136. The van der Waals surface area contributed by atoms with Crippen molar-refractivity contribution in [2.75, 3.05) is 12.3 Å². The van der Waals surface area contributed by atoms with E-state index in [9.17, 15) is 9.59 Å². The van der Waals surface area contributed by atoms with Crippen LogP contribution in [0.1, 0.15) is 17.9 Å². The van der Waals surface area contributed by atoms with Gasteiger partial charge in [0.1, 0.15) is 0 Å². The third-order valence-corrected chi connectivity index (χ3v) is 3.84. The minimum atomic E-state index is -0.897. The van der Waals surface area contributed by atoms with Crippen LogP contribution >= 0.6 is 11.8 Å². The van der Waals surface area contributed by atoms with E-state index in [0.29, 0.717) is 0 Å². The Balaban J connectivity index is 1.96. The van der Waals surface area contributed by atoms with Gasteiger partial charge in [0.2, 0.25) is 5.91 Å². The highest BCUT2D eigenvalue weighted by atomic mass is 32.2. The van der Waals surface area contributed by atoms with Crippen molar-refractivity contribution in [2.24, 2.45) is 0 Å². The smallest absolute Gasteiger partial charge is 0.305 e. The fourth-order valence-electron chi connectivity index (χ4n) is 1.80. The second-order valence-corrected chi connectivity index (χ2v) is 4.90. The number of carbonyl (C=O) groups is 2. The Bertz CT molecular complexity index is 447. The Morgan fingerprint density at radius 2 is 2.18 bits per heavy atom. The van der Waals surface area contributed by atoms with Crippen LogP contribution in [-0.2, 0) is 9.59 Å². The molecular weight excluding hydrogens is 238 g/mol. The van der Waals surface area contributed by atoms with Gasteiger partial charge in [-0.1, -0.05) is 18.2 Å². The van der Waals surface area contributed by atoms with Crippen LogP contribution in [0.2, 0.25) is 0 Å². The molecule has 5 heteroatoms. The summed E-state index contributed by atoms with van der Waals surface area (Å²) in [7, 11) is 0. The summed E-state index contributed by atoms with van der Waals surface area (Å²) in [6.07, 6.45) is -0.0345. The van der Waals surface area contributed by atoms with Gasteiger partial charge in [0.05, 0.1) is 12.3 Å². The normalized spacial score (nSPS) is 17.5. The molecule has 1 heterocycles. The number of carboxylic acid groups (broad SMARTS) is 1. The number of carbonyl (C=O) groups excluding carboxylic acids is 1. The summed E-state index contributed by atoms with van der Waals surface area (Å²) < 4.78 is 0. The van der Waals surface area contributed by atoms with Crippen LogP contribution in [0.25, 0.3) is 0 Å². The van der Waals surface area contributed by atoms with Crippen LogP contribution in [0.3, 0.4) is 0 Å². The third-order valence-electron chi connectivity index (χ3n) is 2.65. The average molecular weight is 251 g/mol. The van der Waals surface area contributed by atoms with Crippen molar-refractivity contribution in [3.63, 3.8) is 0 Å². The molecule has 2 N–H and O–H groups in total. The van der Waals surface area contributed by atoms with Gasteiger partial charge in [-0.25, -0.2) is 0 Å². The molecule has 1 amide bonds. The van der Waals surface area contributed by atoms with Crippen molar-refractivity contribution in [1.82, 2.24) is 5.32 Å². The second kappa shape index (κ2) is 5.23. The van der Waals surface area contributed by atoms with E-state index in [4.69, 9.17) is 5.11 Å². The minimum Gasteiger partial charge on any atom is -0.481 e. The Kier molecular flexibility index (Phi) is 3.68. The van der Waals surface area contributed by atoms with Gasteiger partial charge in [0.25, 0.3) is 0 Å². The molecule has 2 rings (SSSR count). The van der Waals surface area contributed by atoms with Gasteiger partial charge in [0.15, 0.2) is 0 Å². The summed E-state index contributed by atoms with van der Waals surface area (Å²) >= 11 is 1.67. The van der Waals surface area contributed by atoms with Gasteiger partial charge in [0, 0.05) is 17.2 Å². The molecule has 90 valence electrons. The maximum absolute atomic E-state index is 11.9. The molecule has 0 aromatic heterocycles. The standard InChI is InChI=1S/C12H13NO3S/c14-11(15)5-6-13-12(16)9-7-17-10-4-2-1-3-8(9)10/h1-4,9H,5-7H2,(H,13,16)(H,14,15)/t9-/m0/s1. The molecule has 1 aliphatic rings. The highest BCUT2D eigenvalue weighted by Gasteiger charge is 2.28. The van der Waals surface area contributed by atoms with Crippen molar-refractivity contribution in [3.8, 4) is 0 Å². The molecule has 1 aromatic carbocycles. The first-order chi connectivity index (χ1) is 8.18. The fourth-order valence-corrected chi connectivity index (χ4v) is 3.02. The van der Waals surface area contributed by atoms with Crippen LogP contribution in [0.4, 0.5) is 0 Å². The molecule has 0 unspecified atom stereocenters. The zero-order chi connectivity index (χ0) is 12.3. The minimum absolute atomic E-state index is 0.0345. The van der Waals surface area contributed by atoms with Crippen molar-refractivity contribution in [2.45, 2.75) is 17.2 Å². The first-order valence-corrected chi connectivity index (χ1v) is 6.38. The molecule has 0 aliphatic carbocycles. The molecule has 1 atom stereocenters. The molecular formula is C12H13NO3S. The van der Waals surface area contributed by atoms with E-state index in [0.717, 1.165) is 16.2 Å². The van der Waals surface area contributed by atoms with Crippen molar-refractivity contribution >= 4 is 23.6 Å². The SMILES string of the molecule is O=C(O)CCNC(=O)[C@H]1CSc2ccccc21. The molecule has 0 spiro atoms. The number of rotatable bonds is 4. The van der Waals surface area contributed by atoms with Crippen LogP contribution in [-0.4, -0.2) is 29.3 Å². The Labute approximate surface area is 103 Å². The molecule has 0 radical (unpaired) electrons. The number of hydrogen-bond acceptors (Lipinski definition) is 3. The molecule has 4 nitrogen and oxygen atoms in total. The molecule has 17 heavy (non-hydrogen) atoms. The number of aliphatic carboxylic acids is 1. The summed E-state index contributed by atoms with van der Waals surface area (Å²) in [5.41, 5.74) is 1.05. The fraction of sp³-hybridized carbons (Fsp3) is 0.333. The zero-order valence-electron chi connectivity index (χ0n) is 9.18. The van der Waals surface area contributed by atoms with Crippen LogP contribution < -0.4 is 5.32 Å². The summed E-state index contributed by atoms with van der Waals surface area (Å²) in [5.74, 6) is -0.390. The number of hydrogen-bond donors (Lipinski definition) is 2. The van der Waals surface area contributed by atoms with Crippen LogP contribution in [0.5, 0.6) is 0 Å². The van der Waals surface area contributed by atoms with E-state index >= 15 is 0 Å². The lowest BCUT2D eigenvalue weighted by atomic mass is 10.0. The Morgan fingerprint density at radius 3 is 2.94 bits per heavy atom. The summed E-state index contributed by atoms with van der Waals surface area (Å²) in [6.45, 7) is 0.192. The predicted octanol–water partition coefficient (Wildman–Crippen LogP) is 1.47. The van der Waals surface area contributed by atoms with Gasteiger partial charge in [-0.15, -0.1) is 11.8 Å². The molecule has 1 aliphatic heterocycles. The van der Waals surface area contributed by atoms with Gasteiger partial charge < -0.3 is 10.4 Å².